The summed E-state index contributed by atoms with van der Waals surface area (Å²) in [5, 5.41) is 16.2. The van der Waals surface area contributed by atoms with Crippen molar-refractivity contribution in [3.63, 3.8) is 0 Å². The van der Waals surface area contributed by atoms with Crippen molar-refractivity contribution >= 4 is 38.5 Å². The van der Waals surface area contributed by atoms with Gasteiger partial charge in [-0.15, -0.1) is 16.8 Å². The van der Waals surface area contributed by atoms with Gasteiger partial charge < -0.3 is 20.7 Å². The minimum Gasteiger partial charge on any atom is -0.471 e. The van der Waals surface area contributed by atoms with Crippen LogP contribution in [0.3, 0.4) is 0 Å². The molecular formula is C30H37N9O6S. The minimum atomic E-state index is -3.85. The van der Waals surface area contributed by atoms with Gasteiger partial charge in [0.1, 0.15) is 30.3 Å². The van der Waals surface area contributed by atoms with Crippen LogP contribution in [0.25, 0.3) is 16.6 Å². The lowest BCUT2D eigenvalue weighted by Crippen LogP contribution is -2.59. The summed E-state index contributed by atoms with van der Waals surface area (Å²) in [6.45, 7) is 9.24. The third kappa shape index (κ3) is 5.82. The maximum Gasteiger partial charge on any atom is 0.259 e. The highest BCUT2D eigenvalue weighted by atomic mass is 32.2. The molecule has 0 bridgehead atoms. The van der Waals surface area contributed by atoms with Gasteiger partial charge in [-0.3, -0.25) is 19.1 Å². The predicted octanol–water partition coefficient (Wildman–Crippen LogP) is 0.602. The van der Waals surface area contributed by atoms with Crippen LogP contribution in [0, 0.1) is 11.3 Å². The molecule has 1 aromatic carbocycles. The molecule has 3 aliphatic rings. The second-order valence-corrected chi connectivity index (χ2v) is 15.2. The van der Waals surface area contributed by atoms with Crippen LogP contribution in [-0.4, -0.2) is 91.5 Å². The minimum absolute atomic E-state index is 0.0156. The summed E-state index contributed by atoms with van der Waals surface area (Å²) >= 11 is 0. The molecule has 1 saturated heterocycles. The maximum absolute atomic E-state index is 13.9. The van der Waals surface area contributed by atoms with Crippen molar-refractivity contribution in [1.82, 2.24) is 39.9 Å². The SMILES string of the molecule is C=C[C@@H]1C[C@@]1(NC(=O)[C@H]1C[C@@H](Oc2nnc(-n3cncn3)c3ccccc23)CN1C(=O)[C@@H](N)C(C)(C)C)C(=O)NS(=O)(=O)C1CC1. The molecule has 46 heavy (non-hydrogen) atoms. The van der Waals surface area contributed by atoms with Crippen LogP contribution < -0.4 is 20.5 Å². The number of amides is 3. The third-order valence-electron chi connectivity index (χ3n) is 8.84. The Hall–Kier alpha value is -4.44. The molecule has 3 heterocycles. The Bertz CT molecular complexity index is 1800. The number of carbonyl (C=O) groups excluding carboxylic acids is 3. The molecular weight excluding hydrogens is 614 g/mol. The number of ether oxygens (including phenoxy) is 1. The molecule has 2 saturated carbocycles. The lowest BCUT2D eigenvalue weighted by Gasteiger charge is -2.33. The summed E-state index contributed by atoms with van der Waals surface area (Å²) in [4.78, 5) is 46.3. The number of nitrogens with two attached hydrogens (primary N) is 1. The van der Waals surface area contributed by atoms with Gasteiger partial charge in [-0.05, 0) is 30.7 Å². The van der Waals surface area contributed by atoms with Crippen molar-refractivity contribution in [2.75, 3.05) is 6.54 Å². The average molecular weight is 652 g/mol. The van der Waals surface area contributed by atoms with E-state index in [1.54, 1.807) is 0 Å². The number of nitrogens with one attached hydrogen (secondary N) is 2. The Kier molecular flexibility index (Phi) is 7.83. The summed E-state index contributed by atoms with van der Waals surface area (Å²) in [5.74, 6) is -1.73. The Morgan fingerprint density at radius 2 is 1.89 bits per heavy atom. The second kappa shape index (κ2) is 11.4. The van der Waals surface area contributed by atoms with E-state index in [4.69, 9.17) is 10.5 Å². The Balaban J connectivity index is 1.27. The summed E-state index contributed by atoms with van der Waals surface area (Å²) in [6, 6.07) is 5.33. The molecule has 15 nitrogen and oxygen atoms in total. The van der Waals surface area contributed by atoms with Gasteiger partial charge in [0.2, 0.25) is 27.7 Å². The summed E-state index contributed by atoms with van der Waals surface area (Å²) in [6.07, 6.45) is 4.91. The highest BCUT2D eigenvalue weighted by Crippen LogP contribution is 2.45. The first-order chi connectivity index (χ1) is 21.7. The molecule has 2 aliphatic carbocycles. The van der Waals surface area contributed by atoms with E-state index in [1.165, 1.54) is 28.3 Å². The topological polar surface area (TPSA) is 204 Å². The van der Waals surface area contributed by atoms with Crippen LogP contribution in [0.5, 0.6) is 5.88 Å². The highest BCUT2D eigenvalue weighted by molar-refractivity contribution is 7.91. The van der Waals surface area contributed by atoms with E-state index in [9.17, 15) is 22.8 Å². The number of hydrogen-bond acceptors (Lipinski definition) is 11. The van der Waals surface area contributed by atoms with E-state index in [-0.39, 0.29) is 25.3 Å². The van der Waals surface area contributed by atoms with Gasteiger partial charge in [-0.25, -0.2) is 18.1 Å². The first-order valence-corrected chi connectivity index (χ1v) is 16.6. The Morgan fingerprint density at radius 1 is 1.17 bits per heavy atom. The number of benzene rings is 1. The van der Waals surface area contributed by atoms with Gasteiger partial charge in [-0.1, -0.05) is 45.0 Å². The number of likely N-dealkylation sites (tertiary alicyclic amines) is 1. The molecule has 16 heteroatoms. The number of carbonyl (C=O) groups is 3. The van der Waals surface area contributed by atoms with Crippen molar-refractivity contribution in [1.29, 1.82) is 0 Å². The number of aromatic nitrogens is 5. The largest absolute Gasteiger partial charge is 0.471 e. The number of nitrogens with zero attached hydrogens (tertiary/aromatic N) is 6. The maximum atomic E-state index is 13.9. The van der Waals surface area contributed by atoms with Gasteiger partial charge in [0.05, 0.1) is 17.8 Å². The zero-order valence-corrected chi connectivity index (χ0v) is 26.6. The van der Waals surface area contributed by atoms with Crippen molar-refractivity contribution in [2.24, 2.45) is 17.1 Å². The molecule has 2 aromatic heterocycles. The molecule has 3 aromatic rings. The number of sulfonamides is 1. The molecule has 0 spiro atoms. The highest BCUT2D eigenvalue weighted by Gasteiger charge is 2.62. The first-order valence-electron chi connectivity index (χ1n) is 15.1. The van der Waals surface area contributed by atoms with Crippen molar-refractivity contribution in [2.45, 2.75) is 75.4 Å². The van der Waals surface area contributed by atoms with E-state index in [0.717, 1.165) is 0 Å². The smallest absolute Gasteiger partial charge is 0.259 e. The van der Waals surface area contributed by atoms with Crippen LogP contribution in [0.1, 0.15) is 46.5 Å². The lowest BCUT2D eigenvalue weighted by molar-refractivity contribution is -0.142. The number of rotatable bonds is 10. The fraction of sp³-hybridized carbons (Fsp3) is 0.500. The fourth-order valence-electron chi connectivity index (χ4n) is 5.74. The zero-order chi connectivity index (χ0) is 33.0. The number of fused-ring (bicyclic) bond motifs is 1. The van der Waals surface area contributed by atoms with E-state index in [2.05, 4.69) is 36.9 Å². The summed E-state index contributed by atoms with van der Waals surface area (Å²) < 4.78 is 35.0. The van der Waals surface area contributed by atoms with Crippen LogP contribution in [0.15, 0.2) is 49.6 Å². The summed E-state index contributed by atoms with van der Waals surface area (Å²) in [7, 11) is -3.85. The van der Waals surface area contributed by atoms with E-state index >= 15 is 0 Å². The van der Waals surface area contributed by atoms with Crippen LogP contribution in [-0.2, 0) is 24.4 Å². The average Bonchev–Trinajstić information content (AvgIpc) is 3.89. The van der Waals surface area contributed by atoms with E-state index < -0.39 is 68.1 Å². The molecule has 3 amide bonds. The molecule has 1 aliphatic heterocycles. The molecule has 0 radical (unpaired) electrons. The van der Waals surface area contributed by atoms with Gasteiger partial charge in [0, 0.05) is 23.1 Å². The van der Waals surface area contributed by atoms with Crippen LogP contribution in [0.4, 0.5) is 0 Å². The van der Waals surface area contributed by atoms with Crippen molar-refractivity contribution in [3.8, 4) is 11.7 Å². The molecule has 4 N–H and O–H groups in total. The van der Waals surface area contributed by atoms with Gasteiger partial charge in [0.25, 0.3) is 5.91 Å². The van der Waals surface area contributed by atoms with Gasteiger partial charge in [-0.2, -0.15) is 5.10 Å². The van der Waals surface area contributed by atoms with Gasteiger partial charge >= 0.3 is 0 Å². The number of hydrogen-bond donors (Lipinski definition) is 3. The van der Waals surface area contributed by atoms with E-state index in [1.807, 2.05) is 45.0 Å². The first kappa shape index (κ1) is 31.5. The third-order valence-corrected chi connectivity index (χ3v) is 10.7. The Labute approximate surface area is 266 Å². The van der Waals surface area contributed by atoms with Crippen LogP contribution in [0.2, 0.25) is 0 Å². The van der Waals surface area contributed by atoms with Gasteiger partial charge in [0.15, 0.2) is 5.82 Å². The monoisotopic (exact) mass is 651 g/mol. The van der Waals surface area contributed by atoms with Crippen LogP contribution >= 0.6 is 0 Å². The normalized spacial score (nSPS) is 25.1. The zero-order valence-electron chi connectivity index (χ0n) is 25.8. The molecule has 0 unspecified atom stereocenters. The van der Waals surface area contributed by atoms with Crippen molar-refractivity contribution < 1.29 is 27.5 Å². The predicted molar refractivity (Wildman–Crippen MR) is 166 cm³/mol. The second-order valence-electron chi connectivity index (χ2n) is 13.2. The summed E-state index contributed by atoms with van der Waals surface area (Å²) in [5.41, 5.74) is 4.25. The molecule has 5 atom stereocenters. The Morgan fingerprint density at radius 3 is 2.50 bits per heavy atom. The fourth-order valence-corrected chi connectivity index (χ4v) is 7.10. The lowest BCUT2D eigenvalue weighted by atomic mass is 9.86. The standard InChI is InChI=1S/C30H37N9O6S/c1-5-17-13-30(17,28(42)37-46(43,44)19-10-11-19)34-25(40)22-12-18(14-38(22)27(41)23(31)29(2,3)4)45-26-21-9-7-6-8-20(21)24(35-36-26)39-16-32-15-33-39/h5-9,15-19,22-23H,1,10-14,31H2,2-4H3,(H,34,40)(H,37,42)/t17-,18-,22-,23-,30+/m1/s1. The van der Waals surface area contributed by atoms with E-state index in [0.29, 0.717) is 29.4 Å². The molecule has 244 valence electrons. The quantitative estimate of drug-likeness (QED) is 0.259. The van der Waals surface area contributed by atoms with Crippen molar-refractivity contribution in [3.05, 3.63) is 49.6 Å². The molecule has 6 rings (SSSR count). The molecule has 3 fully saturated rings.